The summed E-state index contributed by atoms with van der Waals surface area (Å²) in [5.74, 6) is 1.53. The molecule has 1 aromatic rings. The molecule has 0 aliphatic heterocycles. The van der Waals surface area contributed by atoms with Crippen molar-refractivity contribution in [1.29, 1.82) is 0 Å². The van der Waals surface area contributed by atoms with Crippen LogP contribution in [0.3, 0.4) is 0 Å². The number of nitrogens with one attached hydrogen (secondary N) is 1. The summed E-state index contributed by atoms with van der Waals surface area (Å²) in [6.07, 6.45) is 4.42. The molecule has 0 atom stereocenters. The molecule has 108 valence electrons. The van der Waals surface area contributed by atoms with Crippen LogP contribution < -0.4 is 5.32 Å². The number of nitrogens with zero attached hydrogens (tertiary/aromatic N) is 3. The molecule has 0 radical (unpaired) electrons. The van der Waals surface area contributed by atoms with E-state index in [1.54, 1.807) is 0 Å². The van der Waals surface area contributed by atoms with Crippen molar-refractivity contribution in [3.63, 3.8) is 0 Å². The van der Waals surface area contributed by atoms with Gasteiger partial charge >= 0.3 is 0 Å². The fourth-order valence-corrected chi connectivity index (χ4v) is 3.42. The molecular weight excluding hydrogens is 284 g/mol. The molecule has 1 fully saturated rings. The zero-order valence-corrected chi connectivity index (χ0v) is 12.9. The number of rotatable bonds is 8. The molecule has 0 unspecified atom stereocenters. The Morgan fingerprint density at radius 2 is 2.21 bits per heavy atom. The highest BCUT2D eigenvalue weighted by atomic mass is 32.2. The van der Waals surface area contributed by atoms with Gasteiger partial charge in [-0.05, 0) is 19.3 Å². The third-order valence-corrected chi connectivity index (χ3v) is 5.13. The van der Waals surface area contributed by atoms with Gasteiger partial charge in [0, 0.05) is 37.1 Å². The van der Waals surface area contributed by atoms with Crippen LogP contribution in [-0.2, 0) is 10.0 Å². The molecule has 1 saturated carbocycles. The zero-order valence-electron chi connectivity index (χ0n) is 11.3. The van der Waals surface area contributed by atoms with Gasteiger partial charge in [0.25, 0.3) is 0 Å². The van der Waals surface area contributed by atoms with E-state index in [1.807, 2.05) is 6.92 Å². The average Bonchev–Trinajstić information content (AvgIpc) is 3.08. The summed E-state index contributed by atoms with van der Waals surface area (Å²) < 4.78 is 28.6. The summed E-state index contributed by atoms with van der Waals surface area (Å²) in [6.45, 7) is 3.62. The van der Waals surface area contributed by atoms with Gasteiger partial charge in [0.15, 0.2) is 0 Å². The van der Waals surface area contributed by atoms with E-state index in [0.717, 1.165) is 17.4 Å². The molecule has 1 aromatic heterocycles. The topological polar surface area (TPSA) is 75.2 Å². The summed E-state index contributed by atoms with van der Waals surface area (Å²) >= 11 is 1.38. The van der Waals surface area contributed by atoms with Crippen molar-refractivity contribution < 1.29 is 8.42 Å². The lowest BCUT2D eigenvalue weighted by molar-refractivity contribution is 0.429. The van der Waals surface area contributed by atoms with E-state index in [9.17, 15) is 8.42 Å². The lowest BCUT2D eigenvalue weighted by Crippen LogP contribution is -2.31. The van der Waals surface area contributed by atoms with Crippen molar-refractivity contribution in [2.75, 3.05) is 31.2 Å². The SMILES string of the molecule is CCN(CCCNc1nc(C2CC2)ns1)S(C)(=O)=O. The fraction of sp³-hybridized carbons (Fsp3) is 0.818. The first-order chi connectivity index (χ1) is 9.00. The van der Waals surface area contributed by atoms with Crippen LogP contribution in [0.25, 0.3) is 0 Å². The second kappa shape index (κ2) is 6.15. The molecule has 1 aliphatic rings. The van der Waals surface area contributed by atoms with Gasteiger partial charge in [0.1, 0.15) is 5.82 Å². The lowest BCUT2D eigenvalue weighted by atomic mass is 10.4. The Labute approximate surface area is 118 Å². The monoisotopic (exact) mass is 304 g/mol. The molecule has 1 aliphatic carbocycles. The van der Waals surface area contributed by atoms with E-state index >= 15 is 0 Å². The Bertz CT molecular complexity index is 511. The van der Waals surface area contributed by atoms with Crippen LogP contribution in [0.4, 0.5) is 5.13 Å². The average molecular weight is 304 g/mol. The minimum atomic E-state index is -3.08. The summed E-state index contributed by atoms with van der Waals surface area (Å²) in [6, 6.07) is 0. The minimum absolute atomic E-state index is 0.517. The van der Waals surface area contributed by atoms with Crippen molar-refractivity contribution in [2.24, 2.45) is 0 Å². The molecule has 19 heavy (non-hydrogen) atoms. The van der Waals surface area contributed by atoms with Crippen molar-refractivity contribution in [1.82, 2.24) is 13.7 Å². The summed E-state index contributed by atoms with van der Waals surface area (Å²) in [5, 5.41) is 4.04. The highest BCUT2D eigenvalue weighted by Crippen LogP contribution is 2.39. The molecule has 0 bridgehead atoms. The quantitative estimate of drug-likeness (QED) is 0.737. The first kappa shape index (κ1) is 14.7. The lowest BCUT2D eigenvalue weighted by Gasteiger charge is -2.17. The van der Waals surface area contributed by atoms with E-state index in [1.165, 1.54) is 34.9 Å². The Morgan fingerprint density at radius 3 is 2.79 bits per heavy atom. The summed E-state index contributed by atoms with van der Waals surface area (Å²) in [7, 11) is -3.08. The van der Waals surface area contributed by atoms with Crippen LogP contribution in [0.5, 0.6) is 0 Å². The predicted molar refractivity (Wildman–Crippen MR) is 77.1 cm³/mol. The van der Waals surface area contributed by atoms with Gasteiger partial charge in [-0.3, -0.25) is 0 Å². The third-order valence-electron chi connectivity index (χ3n) is 3.07. The molecule has 0 saturated heterocycles. The summed E-state index contributed by atoms with van der Waals surface area (Å²) in [4.78, 5) is 4.42. The first-order valence-electron chi connectivity index (χ1n) is 6.53. The smallest absolute Gasteiger partial charge is 0.211 e. The van der Waals surface area contributed by atoms with E-state index in [4.69, 9.17) is 0 Å². The molecule has 1 N–H and O–H groups in total. The van der Waals surface area contributed by atoms with Gasteiger partial charge in [-0.1, -0.05) is 6.92 Å². The number of hydrogen-bond donors (Lipinski definition) is 1. The highest BCUT2D eigenvalue weighted by molar-refractivity contribution is 7.88. The van der Waals surface area contributed by atoms with E-state index in [2.05, 4.69) is 14.7 Å². The molecule has 0 amide bonds. The maximum absolute atomic E-state index is 11.4. The van der Waals surface area contributed by atoms with Crippen LogP contribution in [-0.4, -0.2) is 48.0 Å². The van der Waals surface area contributed by atoms with Gasteiger partial charge in [0.05, 0.1) is 6.26 Å². The predicted octanol–water partition coefficient (Wildman–Crippen LogP) is 1.50. The van der Waals surface area contributed by atoms with Gasteiger partial charge in [0.2, 0.25) is 15.2 Å². The molecule has 1 heterocycles. The maximum atomic E-state index is 11.4. The van der Waals surface area contributed by atoms with Crippen molar-refractivity contribution >= 4 is 26.7 Å². The van der Waals surface area contributed by atoms with Gasteiger partial charge in [-0.15, -0.1) is 0 Å². The fourth-order valence-electron chi connectivity index (χ4n) is 1.82. The van der Waals surface area contributed by atoms with E-state index in [-0.39, 0.29) is 0 Å². The van der Waals surface area contributed by atoms with Crippen LogP contribution in [0.15, 0.2) is 0 Å². The Hall–Kier alpha value is -0.730. The van der Waals surface area contributed by atoms with Crippen molar-refractivity contribution in [3.05, 3.63) is 5.82 Å². The van der Waals surface area contributed by atoms with Gasteiger partial charge in [-0.2, -0.15) is 4.37 Å². The van der Waals surface area contributed by atoms with Gasteiger partial charge in [-0.25, -0.2) is 17.7 Å². The number of anilines is 1. The number of hydrogen-bond acceptors (Lipinski definition) is 6. The Morgan fingerprint density at radius 1 is 1.47 bits per heavy atom. The van der Waals surface area contributed by atoms with Crippen LogP contribution in [0.2, 0.25) is 0 Å². The second-order valence-corrected chi connectivity index (χ2v) is 7.50. The molecule has 8 heteroatoms. The minimum Gasteiger partial charge on any atom is -0.360 e. The van der Waals surface area contributed by atoms with Crippen LogP contribution in [0.1, 0.15) is 37.9 Å². The maximum Gasteiger partial charge on any atom is 0.211 e. The number of aromatic nitrogens is 2. The third kappa shape index (κ3) is 4.39. The zero-order chi connectivity index (χ0) is 13.9. The second-order valence-electron chi connectivity index (χ2n) is 4.77. The van der Waals surface area contributed by atoms with Crippen LogP contribution >= 0.6 is 11.5 Å². The highest BCUT2D eigenvalue weighted by Gasteiger charge is 2.27. The first-order valence-corrected chi connectivity index (χ1v) is 9.15. The van der Waals surface area contributed by atoms with Gasteiger partial charge < -0.3 is 5.32 Å². The standard InChI is InChI=1S/C11H20N4O2S2/c1-3-15(19(2,16)17)8-4-7-12-11-13-10(14-18-11)9-5-6-9/h9H,3-8H2,1-2H3,(H,12,13,14). The molecular formula is C11H20N4O2S2. The molecule has 2 rings (SSSR count). The normalized spacial score (nSPS) is 15.9. The van der Waals surface area contributed by atoms with E-state index in [0.29, 0.717) is 25.6 Å². The molecule has 0 spiro atoms. The van der Waals surface area contributed by atoms with E-state index < -0.39 is 10.0 Å². The van der Waals surface area contributed by atoms with Crippen molar-refractivity contribution in [3.8, 4) is 0 Å². The Kier molecular flexibility index (Phi) is 4.75. The molecule has 6 nitrogen and oxygen atoms in total. The Balaban J connectivity index is 1.70. The summed E-state index contributed by atoms with van der Waals surface area (Å²) in [5.41, 5.74) is 0. The molecule has 0 aromatic carbocycles. The largest absolute Gasteiger partial charge is 0.360 e. The van der Waals surface area contributed by atoms with Crippen LogP contribution in [0, 0.1) is 0 Å². The number of sulfonamides is 1. The van der Waals surface area contributed by atoms with Crippen molar-refractivity contribution in [2.45, 2.75) is 32.1 Å².